The molecule has 0 bridgehead atoms. The Morgan fingerprint density at radius 2 is 1.79 bits per heavy atom. The van der Waals surface area contributed by atoms with E-state index in [1.54, 1.807) is 18.3 Å². The number of aromatic nitrogens is 3. The van der Waals surface area contributed by atoms with Gasteiger partial charge in [0, 0.05) is 73.5 Å². The van der Waals surface area contributed by atoms with Crippen molar-refractivity contribution < 1.29 is 19.2 Å². The second-order valence-electron chi connectivity index (χ2n) is 13.2. The second kappa shape index (κ2) is 12.3. The first-order chi connectivity index (χ1) is 23.3. The molecule has 3 fully saturated rings. The number of H-pyrrole nitrogens is 1. The molecule has 8 rings (SSSR count). The number of imide groups is 2. The molecule has 2 aromatic carbocycles. The largest absolute Gasteiger partial charge is 0.371 e. The van der Waals surface area contributed by atoms with Gasteiger partial charge in [-0.15, -0.1) is 0 Å². The Morgan fingerprint density at radius 3 is 2.67 bits per heavy atom. The minimum absolute atomic E-state index is 0.0969. The predicted molar refractivity (Wildman–Crippen MR) is 181 cm³/mol. The number of likely N-dealkylation sites (tertiary alicyclic amines) is 1. The number of hydrogen-bond donors (Lipinski definition) is 3. The molecule has 3 N–H and O–H groups in total. The van der Waals surface area contributed by atoms with Crippen molar-refractivity contribution in [3.8, 4) is 11.3 Å². The maximum absolute atomic E-state index is 13.4. The predicted octanol–water partition coefficient (Wildman–Crippen LogP) is 4.08. The Hall–Kier alpha value is -4.81. The lowest BCUT2D eigenvalue weighted by Gasteiger charge is -2.36. The van der Waals surface area contributed by atoms with Crippen molar-refractivity contribution in [2.75, 3.05) is 42.9 Å². The minimum Gasteiger partial charge on any atom is -0.371 e. The highest BCUT2D eigenvalue weighted by atomic mass is 35.5. The van der Waals surface area contributed by atoms with Gasteiger partial charge in [-0.2, -0.15) is 0 Å². The maximum atomic E-state index is 13.4. The Morgan fingerprint density at radius 1 is 0.938 bits per heavy atom. The molecule has 0 spiro atoms. The number of fused-ring (bicyclic) bond motifs is 2. The fraction of sp³-hybridized carbons (Fsp3) is 0.371. The first-order valence-corrected chi connectivity index (χ1v) is 16.9. The summed E-state index contributed by atoms with van der Waals surface area (Å²) >= 11 is 6.54. The first kappa shape index (κ1) is 30.5. The second-order valence-corrected chi connectivity index (χ2v) is 13.6. The zero-order valence-corrected chi connectivity index (χ0v) is 27.0. The number of anilines is 2. The van der Waals surface area contributed by atoms with Gasteiger partial charge in [-0.1, -0.05) is 29.8 Å². The van der Waals surface area contributed by atoms with Gasteiger partial charge in [0.1, 0.15) is 6.04 Å². The minimum atomic E-state index is -0.968. The number of carbonyl (C=O) groups is 4. The summed E-state index contributed by atoms with van der Waals surface area (Å²) in [5.74, 6) is -0.937. The van der Waals surface area contributed by atoms with Crippen LogP contribution in [0.2, 0.25) is 5.02 Å². The van der Waals surface area contributed by atoms with E-state index in [9.17, 15) is 19.2 Å². The van der Waals surface area contributed by atoms with Crippen molar-refractivity contribution in [1.29, 1.82) is 0 Å². The number of aromatic amines is 1. The van der Waals surface area contributed by atoms with Crippen LogP contribution in [0.5, 0.6) is 0 Å². The Labute approximate surface area is 281 Å². The van der Waals surface area contributed by atoms with Gasteiger partial charge in [-0.25, -0.2) is 9.97 Å². The van der Waals surface area contributed by atoms with Gasteiger partial charge in [0.05, 0.1) is 28.0 Å². The molecule has 3 saturated heterocycles. The number of nitrogens with zero attached hydrogens (tertiary/aromatic N) is 5. The summed E-state index contributed by atoms with van der Waals surface area (Å²) in [7, 11) is 0. The van der Waals surface area contributed by atoms with Gasteiger partial charge >= 0.3 is 0 Å². The van der Waals surface area contributed by atoms with Gasteiger partial charge in [0.15, 0.2) is 0 Å². The molecule has 2 unspecified atom stereocenters. The van der Waals surface area contributed by atoms with E-state index in [0.717, 1.165) is 79.0 Å². The van der Waals surface area contributed by atoms with Crippen LogP contribution in [0.25, 0.3) is 22.2 Å². The van der Waals surface area contributed by atoms with Gasteiger partial charge < -0.3 is 20.1 Å². The number of carbonyl (C=O) groups excluding carboxylic acids is 4. The van der Waals surface area contributed by atoms with Crippen LogP contribution in [0, 0.1) is 5.92 Å². The fourth-order valence-corrected chi connectivity index (χ4v) is 7.85. The van der Waals surface area contributed by atoms with Gasteiger partial charge in [0.2, 0.25) is 17.8 Å². The molecule has 3 atom stereocenters. The van der Waals surface area contributed by atoms with E-state index < -0.39 is 23.8 Å². The lowest BCUT2D eigenvalue weighted by molar-refractivity contribution is -0.136. The summed E-state index contributed by atoms with van der Waals surface area (Å²) in [5.41, 5.74) is 4.19. The number of piperidine rings is 2. The SMILES string of the molecule is O=C1CCC(N2C(=O)c3ccc(N4CCCC(CN5CC[C@@H](Nc6ncc(Cl)c(-c7c[nH]c8ccccc78)n6)C5)C4)cc3C2=O)C(=O)N1. The highest BCUT2D eigenvalue weighted by molar-refractivity contribution is 6.33. The van der Waals surface area contributed by atoms with Crippen LogP contribution >= 0.6 is 11.6 Å². The van der Waals surface area contributed by atoms with Gasteiger partial charge in [-0.3, -0.25) is 29.4 Å². The molecule has 48 heavy (non-hydrogen) atoms. The maximum Gasteiger partial charge on any atom is 0.262 e. The Balaban J connectivity index is 0.895. The molecule has 13 heteroatoms. The molecule has 0 saturated carbocycles. The average Bonchev–Trinajstić information content (AvgIpc) is 3.78. The number of benzene rings is 2. The zero-order chi connectivity index (χ0) is 32.9. The Kier molecular flexibility index (Phi) is 7.84. The third kappa shape index (κ3) is 5.58. The molecule has 0 aliphatic carbocycles. The molecule has 4 aliphatic heterocycles. The number of para-hydroxylation sites is 1. The number of hydrogen-bond acceptors (Lipinski definition) is 9. The van der Waals surface area contributed by atoms with E-state index in [4.69, 9.17) is 16.6 Å². The first-order valence-electron chi connectivity index (χ1n) is 16.5. The van der Waals surface area contributed by atoms with Crippen LogP contribution in [0.15, 0.2) is 54.9 Å². The van der Waals surface area contributed by atoms with Crippen molar-refractivity contribution in [2.24, 2.45) is 5.92 Å². The van der Waals surface area contributed by atoms with Crippen molar-refractivity contribution in [2.45, 2.75) is 44.2 Å². The monoisotopic (exact) mass is 666 g/mol. The van der Waals surface area contributed by atoms with E-state index in [1.165, 1.54) is 0 Å². The standard InChI is InChI=1S/C35H35ClN8O4/c36-27-16-38-35(41-31(27)26-15-37-28-6-2-1-5-23(26)28)39-21-11-13-42(19-21)17-20-4-3-12-43(18-20)22-7-8-24-25(14-22)34(48)44(33(24)47)29-9-10-30(45)40-32(29)46/h1-2,5-8,14-16,20-21,29,37H,3-4,9-13,17-19H2,(H,38,39,41)(H,40,45,46)/t20?,21-,29?/m1/s1. The smallest absolute Gasteiger partial charge is 0.262 e. The van der Waals surface area contributed by atoms with Crippen molar-refractivity contribution in [3.63, 3.8) is 0 Å². The highest BCUT2D eigenvalue weighted by Gasteiger charge is 2.45. The van der Waals surface area contributed by atoms with Crippen LogP contribution in [0.4, 0.5) is 11.6 Å². The summed E-state index contributed by atoms with van der Waals surface area (Å²) in [4.78, 5) is 68.9. The molecule has 246 valence electrons. The zero-order valence-electron chi connectivity index (χ0n) is 26.2. The lowest BCUT2D eigenvalue weighted by Crippen LogP contribution is -2.54. The van der Waals surface area contributed by atoms with E-state index >= 15 is 0 Å². The van der Waals surface area contributed by atoms with Crippen LogP contribution in [-0.4, -0.2) is 93.2 Å². The van der Waals surface area contributed by atoms with Crippen LogP contribution in [0.3, 0.4) is 0 Å². The normalized spacial score (nSPS) is 23.2. The van der Waals surface area contributed by atoms with Crippen molar-refractivity contribution in [1.82, 2.24) is 30.1 Å². The summed E-state index contributed by atoms with van der Waals surface area (Å²) in [6.07, 6.45) is 6.96. The Bertz CT molecular complexity index is 1960. The van der Waals surface area contributed by atoms with Gasteiger partial charge in [0.25, 0.3) is 11.8 Å². The number of halogens is 1. The molecule has 4 aromatic rings. The van der Waals surface area contributed by atoms with Crippen molar-refractivity contribution >= 4 is 57.8 Å². The molecule has 2 aromatic heterocycles. The van der Waals surface area contributed by atoms with Crippen molar-refractivity contribution in [3.05, 3.63) is 71.0 Å². The molecule has 4 aliphatic rings. The summed E-state index contributed by atoms with van der Waals surface area (Å²) in [6, 6.07) is 12.7. The van der Waals surface area contributed by atoms with Crippen LogP contribution in [-0.2, 0) is 9.59 Å². The van der Waals surface area contributed by atoms with E-state index in [0.29, 0.717) is 33.7 Å². The fourth-order valence-electron chi connectivity index (χ4n) is 7.66. The number of amides is 4. The lowest BCUT2D eigenvalue weighted by atomic mass is 9.96. The summed E-state index contributed by atoms with van der Waals surface area (Å²) < 4.78 is 0. The third-order valence-electron chi connectivity index (χ3n) is 10.0. The van der Waals surface area contributed by atoms with Gasteiger partial charge in [-0.05, 0) is 55.9 Å². The van der Waals surface area contributed by atoms with Crippen LogP contribution in [0.1, 0.15) is 52.8 Å². The topological polar surface area (TPSA) is 144 Å². The van der Waals surface area contributed by atoms with E-state index in [1.807, 2.05) is 30.5 Å². The molecule has 6 heterocycles. The highest BCUT2D eigenvalue weighted by Crippen LogP contribution is 2.34. The quantitative estimate of drug-likeness (QED) is 0.249. The molecular weight excluding hydrogens is 632 g/mol. The third-order valence-corrected chi connectivity index (χ3v) is 10.3. The van der Waals surface area contributed by atoms with E-state index in [-0.39, 0.29) is 24.8 Å². The molecule has 4 amide bonds. The molecule has 12 nitrogen and oxygen atoms in total. The average molecular weight is 667 g/mol. The number of rotatable bonds is 7. The molecule has 0 radical (unpaired) electrons. The molecular formula is C35H35ClN8O4. The van der Waals surface area contributed by atoms with Crippen LogP contribution < -0.4 is 15.5 Å². The van der Waals surface area contributed by atoms with E-state index in [2.05, 4.69) is 36.5 Å². The number of nitrogens with one attached hydrogen (secondary N) is 3. The summed E-state index contributed by atoms with van der Waals surface area (Å²) in [5, 5.41) is 7.35. The summed E-state index contributed by atoms with van der Waals surface area (Å²) in [6.45, 7) is 4.54.